The van der Waals surface area contributed by atoms with Crippen molar-refractivity contribution in [1.29, 1.82) is 0 Å². The lowest BCUT2D eigenvalue weighted by atomic mass is 10.2. The van der Waals surface area contributed by atoms with E-state index < -0.39 is 18.1 Å². The summed E-state index contributed by atoms with van der Waals surface area (Å²) < 4.78 is 4.93. The normalized spacial score (nSPS) is 11.8. The standard InChI is InChI=1S/C12H13Cl3N2O4/c1-21-6(2-11(18)19)5-16-12(20)17-10-4-8(14)7(13)3-9(10)15/h3-4,6H,2,5H2,1H3,(H,18,19)(H2,16,17,20). The first-order chi connectivity index (χ1) is 9.83. The van der Waals surface area contributed by atoms with E-state index in [0.717, 1.165) is 0 Å². The van der Waals surface area contributed by atoms with Crippen molar-refractivity contribution in [3.8, 4) is 0 Å². The van der Waals surface area contributed by atoms with E-state index in [9.17, 15) is 9.59 Å². The van der Waals surface area contributed by atoms with Crippen LogP contribution in [0.15, 0.2) is 12.1 Å². The zero-order chi connectivity index (χ0) is 16.0. The van der Waals surface area contributed by atoms with Gasteiger partial charge in [-0.15, -0.1) is 0 Å². The number of hydrogen-bond acceptors (Lipinski definition) is 3. The van der Waals surface area contributed by atoms with Crippen LogP contribution in [0, 0.1) is 0 Å². The summed E-state index contributed by atoms with van der Waals surface area (Å²) >= 11 is 17.5. The minimum absolute atomic E-state index is 0.0353. The van der Waals surface area contributed by atoms with E-state index >= 15 is 0 Å². The number of nitrogens with one attached hydrogen (secondary N) is 2. The Kier molecular flexibility index (Phi) is 7.04. The van der Waals surface area contributed by atoms with E-state index in [4.69, 9.17) is 44.6 Å². The Hall–Kier alpha value is -1.21. The highest BCUT2D eigenvalue weighted by Crippen LogP contribution is 2.32. The van der Waals surface area contributed by atoms with Gasteiger partial charge in [-0.2, -0.15) is 0 Å². The molecule has 1 aromatic carbocycles. The fraction of sp³-hybridized carbons (Fsp3) is 0.333. The van der Waals surface area contributed by atoms with E-state index in [1.54, 1.807) is 0 Å². The molecule has 1 rings (SSSR count). The molecule has 6 nitrogen and oxygen atoms in total. The highest BCUT2D eigenvalue weighted by Gasteiger charge is 2.14. The zero-order valence-corrected chi connectivity index (χ0v) is 13.2. The number of urea groups is 1. The average Bonchev–Trinajstić information content (AvgIpc) is 2.40. The van der Waals surface area contributed by atoms with Crippen LogP contribution in [0.2, 0.25) is 15.1 Å². The van der Waals surface area contributed by atoms with Gasteiger partial charge in [-0.1, -0.05) is 34.8 Å². The number of aliphatic carboxylic acids is 1. The maximum absolute atomic E-state index is 11.7. The lowest BCUT2D eigenvalue weighted by Gasteiger charge is -2.15. The summed E-state index contributed by atoms with van der Waals surface area (Å²) in [6, 6.07) is 2.25. The van der Waals surface area contributed by atoms with Gasteiger partial charge in [-0.05, 0) is 12.1 Å². The van der Waals surface area contributed by atoms with Crippen LogP contribution in [0.4, 0.5) is 10.5 Å². The quantitative estimate of drug-likeness (QED) is 0.684. The Morgan fingerprint density at radius 1 is 1.24 bits per heavy atom. The predicted molar refractivity (Wildman–Crippen MR) is 81.5 cm³/mol. The highest BCUT2D eigenvalue weighted by atomic mass is 35.5. The number of anilines is 1. The van der Waals surface area contributed by atoms with Crippen LogP contribution in [0.3, 0.4) is 0 Å². The van der Waals surface area contributed by atoms with Gasteiger partial charge in [0.05, 0.1) is 33.3 Å². The Labute approximate surface area is 136 Å². The van der Waals surface area contributed by atoms with Crippen molar-refractivity contribution in [2.75, 3.05) is 19.0 Å². The molecular formula is C12H13Cl3N2O4. The molecule has 2 amide bonds. The number of ether oxygens (including phenoxy) is 1. The SMILES string of the molecule is COC(CNC(=O)Nc1cc(Cl)c(Cl)cc1Cl)CC(=O)O. The van der Waals surface area contributed by atoms with Crippen molar-refractivity contribution in [2.45, 2.75) is 12.5 Å². The molecule has 1 unspecified atom stereocenters. The molecule has 3 N–H and O–H groups in total. The molecule has 0 aromatic heterocycles. The number of hydrogen-bond donors (Lipinski definition) is 3. The Balaban J connectivity index is 2.58. The molecule has 0 bridgehead atoms. The summed E-state index contributed by atoms with van der Waals surface area (Å²) in [5, 5.41) is 14.4. The predicted octanol–water partition coefficient (Wildman–Crippen LogP) is 3.26. The van der Waals surface area contributed by atoms with Crippen molar-refractivity contribution in [2.24, 2.45) is 0 Å². The van der Waals surface area contributed by atoms with Crippen LogP contribution >= 0.6 is 34.8 Å². The first-order valence-corrected chi connectivity index (χ1v) is 6.90. The molecule has 0 saturated carbocycles. The fourth-order valence-corrected chi connectivity index (χ4v) is 2.02. The topological polar surface area (TPSA) is 87.7 Å². The molecule has 0 aliphatic rings. The molecule has 0 saturated heterocycles. The number of amides is 2. The van der Waals surface area contributed by atoms with E-state index in [1.807, 2.05) is 0 Å². The third kappa shape index (κ3) is 5.97. The van der Waals surface area contributed by atoms with Crippen molar-refractivity contribution >= 4 is 52.5 Å². The second-order valence-electron chi connectivity index (χ2n) is 4.04. The van der Waals surface area contributed by atoms with Gasteiger partial charge < -0.3 is 20.5 Å². The van der Waals surface area contributed by atoms with E-state index in [1.165, 1.54) is 19.2 Å². The molecule has 9 heteroatoms. The van der Waals surface area contributed by atoms with Crippen LogP contribution in [-0.4, -0.2) is 36.9 Å². The second-order valence-corrected chi connectivity index (χ2v) is 5.26. The zero-order valence-electron chi connectivity index (χ0n) is 11.0. The van der Waals surface area contributed by atoms with Crippen LogP contribution in [0.1, 0.15) is 6.42 Å². The Morgan fingerprint density at radius 2 is 1.86 bits per heavy atom. The summed E-state index contributed by atoms with van der Waals surface area (Å²) in [5.74, 6) is -1.02. The van der Waals surface area contributed by atoms with Crippen LogP contribution in [0.5, 0.6) is 0 Å². The van der Waals surface area contributed by atoms with Gasteiger partial charge in [0.2, 0.25) is 0 Å². The molecule has 21 heavy (non-hydrogen) atoms. The van der Waals surface area contributed by atoms with E-state index in [-0.39, 0.29) is 33.7 Å². The maximum atomic E-state index is 11.7. The third-order valence-corrected chi connectivity index (χ3v) is 3.52. The maximum Gasteiger partial charge on any atom is 0.319 e. The van der Waals surface area contributed by atoms with E-state index in [2.05, 4.69) is 10.6 Å². The first kappa shape index (κ1) is 17.8. The summed E-state index contributed by atoms with van der Waals surface area (Å²) in [6.45, 7) is 0.0353. The van der Waals surface area contributed by atoms with Gasteiger partial charge in [0, 0.05) is 13.7 Å². The molecule has 0 aliphatic heterocycles. The molecular weight excluding hydrogens is 343 g/mol. The molecule has 0 fully saturated rings. The Bertz CT molecular complexity index is 539. The Morgan fingerprint density at radius 3 is 2.43 bits per heavy atom. The number of carboxylic acid groups (broad SMARTS) is 1. The fourth-order valence-electron chi connectivity index (χ4n) is 1.42. The number of carbonyl (C=O) groups excluding carboxylic acids is 1. The van der Waals surface area contributed by atoms with Gasteiger partial charge in [-0.25, -0.2) is 4.79 Å². The number of halogens is 3. The first-order valence-electron chi connectivity index (χ1n) is 5.77. The summed E-state index contributed by atoms with van der Waals surface area (Å²) in [6.07, 6.45) is -0.845. The molecule has 0 radical (unpaired) electrons. The van der Waals surface area contributed by atoms with Gasteiger partial charge in [0.25, 0.3) is 0 Å². The number of carbonyl (C=O) groups is 2. The monoisotopic (exact) mass is 354 g/mol. The van der Waals surface area contributed by atoms with Crippen molar-refractivity contribution in [3.63, 3.8) is 0 Å². The molecule has 0 heterocycles. The summed E-state index contributed by atoms with van der Waals surface area (Å²) in [7, 11) is 1.36. The van der Waals surface area contributed by atoms with Gasteiger partial charge in [0.1, 0.15) is 0 Å². The number of methoxy groups -OCH3 is 1. The van der Waals surface area contributed by atoms with Crippen molar-refractivity contribution in [3.05, 3.63) is 27.2 Å². The van der Waals surface area contributed by atoms with Gasteiger partial charge >= 0.3 is 12.0 Å². The molecule has 1 atom stereocenters. The third-order valence-electron chi connectivity index (χ3n) is 2.48. The average molecular weight is 356 g/mol. The van der Waals surface area contributed by atoms with Crippen LogP contribution < -0.4 is 10.6 Å². The second kappa shape index (κ2) is 8.29. The number of carboxylic acids is 1. The lowest BCUT2D eigenvalue weighted by molar-refractivity contribution is -0.139. The van der Waals surface area contributed by atoms with Gasteiger partial charge in [0.15, 0.2) is 0 Å². The summed E-state index contributed by atoms with van der Waals surface area (Å²) in [4.78, 5) is 22.3. The number of benzene rings is 1. The van der Waals surface area contributed by atoms with Crippen molar-refractivity contribution < 1.29 is 19.4 Å². The van der Waals surface area contributed by atoms with E-state index in [0.29, 0.717) is 0 Å². The largest absolute Gasteiger partial charge is 0.481 e. The van der Waals surface area contributed by atoms with Crippen LogP contribution in [0.25, 0.3) is 0 Å². The summed E-state index contributed by atoms with van der Waals surface area (Å²) in [5.41, 5.74) is 0.288. The minimum Gasteiger partial charge on any atom is -0.481 e. The smallest absolute Gasteiger partial charge is 0.319 e. The molecule has 0 spiro atoms. The molecule has 1 aromatic rings. The molecule has 0 aliphatic carbocycles. The van der Waals surface area contributed by atoms with Gasteiger partial charge in [-0.3, -0.25) is 4.79 Å². The lowest BCUT2D eigenvalue weighted by Crippen LogP contribution is -2.37. The minimum atomic E-state index is -1.02. The van der Waals surface area contributed by atoms with Crippen molar-refractivity contribution in [1.82, 2.24) is 5.32 Å². The molecule has 116 valence electrons. The highest BCUT2D eigenvalue weighted by molar-refractivity contribution is 6.44. The number of rotatable bonds is 6. The van der Waals surface area contributed by atoms with Crippen LogP contribution in [-0.2, 0) is 9.53 Å².